The van der Waals surface area contributed by atoms with E-state index in [4.69, 9.17) is 0 Å². The molecule has 4 aromatic rings. The van der Waals surface area contributed by atoms with Gasteiger partial charge >= 0.3 is 0 Å². The molecule has 1 aliphatic carbocycles. The molecular formula is C23H18N4O2. The van der Waals surface area contributed by atoms with E-state index in [2.05, 4.69) is 51.1 Å². The molecule has 6 heteroatoms. The van der Waals surface area contributed by atoms with Gasteiger partial charge in [0.2, 0.25) is 0 Å². The fourth-order valence-corrected chi connectivity index (χ4v) is 3.86. The monoisotopic (exact) mass is 382 g/mol. The van der Waals surface area contributed by atoms with Crippen LogP contribution in [0.5, 0.6) is 5.75 Å². The van der Waals surface area contributed by atoms with Gasteiger partial charge in [-0.05, 0) is 52.9 Å². The van der Waals surface area contributed by atoms with Crippen molar-refractivity contribution in [2.45, 2.75) is 12.8 Å². The Kier molecular flexibility index (Phi) is 4.09. The number of amides is 1. The number of hydrazone groups is 1. The molecule has 0 saturated carbocycles. The summed E-state index contributed by atoms with van der Waals surface area (Å²) in [7, 11) is 0. The molecule has 0 aliphatic heterocycles. The van der Waals surface area contributed by atoms with Crippen LogP contribution in [0, 0.1) is 0 Å². The first-order valence-corrected chi connectivity index (χ1v) is 9.41. The largest absolute Gasteiger partial charge is 0.507 e. The maximum atomic E-state index is 12.4. The summed E-state index contributed by atoms with van der Waals surface area (Å²) >= 11 is 0. The second kappa shape index (κ2) is 6.91. The molecule has 6 nitrogen and oxygen atoms in total. The van der Waals surface area contributed by atoms with Gasteiger partial charge < -0.3 is 5.11 Å². The standard InChI is InChI=1S/C23H18N4O2/c28-21-7-2-1-4-16(21)13-24-27-23(29)20-12-19(25-26-20)17-11-10-15-9-8-14-5-3-6-18(17)22(14)15/h1-7,10-13,28H,8-9H2,(H,25,26)(H,27,29)/b24-13-. The quantitative estimate of drug-likeness (QED) is 0.370. The number of aromatic amines is 1. The molecule has 0 radical (unpaired) electrons. The number of hydrogen-bond acceptors (Lipinski definition) is 4. The summed E-state index contributed by atoms with van der Waals surface area (Å²) in [4.78, 5) is 12.4. The van der Waals surface area contributed by atoms with Crippen LogP contribution in [0.2, 0.25) is 0 Å². The zero-order valence-corrected chi connectivity index (χ0v) is 15.5. The number of aryl methyl sites for hydroxylation is 2. The van der Waals surface area contributed by atoms with E-state index in [-0.39, 0.29) is 5.75 Å². The van der Waals surface area contributed by atoms with E-state index in [0.29, 0.717) is 11.3 Å². The van der Waals surface area contributed by atoms with E-state index >= 15 is 0 Å². The van der Waals surface area contributed by atoms with Gasteiger partial charge in [-0.2, -0.15) is 10.2 Å². The number of aromatic hydroxyl groups is 1. The number of carbonyl (C=O) groups excluding carboxylic acids is 1. The lowest BCUT2D eigenvalue weighted by molar-refractivity contribution is 0.0950. The summed E-state index contributed by atoms with van der Waals surface area (Å²) in [6.45, 7) is 0. The van der Waals surface area contributed by atoms with Crippen LogP contribution in [0.15, 0.2) is 65.8 Å². The van der Waals surface area contributed by atoms with E-state index in [1.165, 1.54) is 22.7 Å². The van der Waals surface area contributed by atoms with Crippen LogP contribution in [-0.4, -0.2) is 27.4 Å². The molecule has 1 amide bonds. The molecule has 1 aliphatic rings. The van der Waals surface area contributed by atoms with Crippen molar-refractivity contribution in [1.29, 1.82) is 0 Å². The number of nitrogens with zero attached hydrogens (tertiary/aromatic N) is 2. The normalized spacial score (nSPS) is 12.7. The molecule has 0 saturated heterocycles. The number of carbonyl (C=O) groups is 1. The van der Waals surface area contributed by atoms with Gasteiger partial charge in [0.15, 0.2) is 0 Å². The predicted molar refractivity (Wildman–Crippen MR) is 112 cm³/mol. The van der Waals surface area contributed by atoms with Crippen molar-refractivity contribution in [3.05, 3.63) is 83.0 Å². The summed E-state index contributed by atoms with van der Waals surface area (Å²) in [5, 5.41) is 23.2. The molecule has 0 unspecified atom stereocenters. The topological polar surface area (TPSA) is 90.4 Å². The highest BCUT2D eigenvalue weighted by Crippen LogP contribution is 2.36. The Bertz CT molecular complexity index is 1260. The summed E-state index contributed by atoms with van der Waals surface area (Å²) in [5.74, 6) is -0.303. The number of benzene rings is 3. The van der Waals surface area contributed by atoms with Gasteiger partial charge in [0.25, 0.3) is 5.91 Å². The van der Waals surface area contributed by atoms with Gasteiger partial charge in [0, 0.05) is 11.1 Å². The summed E-state index contributed by atoms with van der Waals surface area (Å²) in [6, 6.07) is 19.1. The molecule has 0 atom stereocenters. The maximum Gasteiger partial charge on any atom is 0.289 e. The molecule has 5 rings (SSSR count). The summed E-state index contributed by atoms with van der Waals surface area (Å²) in [5.41, 5.74) is 7.74. The van der Waals surface area contributed by atoms with Crippen LogP contribution in [0.25, 0.3) is 22.0 Å². The second-order valence-corrected chi connectivity index (χ2v) is 7.04. The highest BCUT2D eigenvalue weighted by atomic mass is 16.3. The van der Waals surface area contributed by atoms with Crippen molar-refractivity contribution >= 4 is 22.9 Å². The summed E-state index contributed by atoms with van der Waals surface area (Å²) < 4.78 is 0. The van der Waals surface area contributed by atoms with Crippen molar-refractivity contribution < 1.29 is 9.90 Å². The van der Waals surface area contributed by atoms with E-state index in [1.807, 2.05) is 0 Å². The highest BCUT2D eigenvalue weighted by molar-refractivity contribution is 6.02. The van der Waals surface area contributed by atoms with Crippen molar-refractivity contribution in [3.63, 3.8) is 0 Å². The molecule has 1 heterocycles. The van der Waals surface area contributed by atoms with Gasteiger partial charge in [-0.25, -0.2) is 5.43 Å². The fourth-order valence-electron chi connectivity index (χ4n) is 3.86. The van der Waals surface area contributed by atoms with E-state index < -0.39 is 5.91 Å². The first kappa shape index (κ1) is 17.2. The molecular weight excluding hydrogens is 364 g/mol. The Morgan fingerprint density at radius 1 is 1.07 bits per heavy atom. The van der Waals surface area contributed by atoms with Crippen LogP contribution in [0.3, 0.4) is 0 Å². The third-order valence-corrected chi connectivity index (χ3v) is 5.28. The van der Waals surface area contributed by atoms with E-state index in [0.717, 1.165) is 29.5 Å². The summed E-state index contributed by atoms with van der Waals surface area (Å²) in [6.07, 6.45) is 3.53. The fraction of sp³-hybridized carbons (Fsp3) is 0.0870. The van der Waals surface area contributed by atoms with Crippen molar-refractivity contribution in [2.24, 2.45) is 5.10 Å². The number of H-pyrrole nitrogens is 1. The average molecular weight is 382 g/mol. The third kappa shape index (κ3) is 3.04. The zero-order valence-electron chi connectivity index (χ0n) is 15.5. The van der Waals surface area contributed by atoms with Gasteiger partial charge in [-0.3, -0.25) is 9.89 Å². The minimum atomic E-state index is -0.402. The minimum absolute atomic E-state index is 0.0985. The van der Waals surface area contributed by atoms with Crippen LogP contribution >= 0.6 is 0 Å². The number of hydrogen-bond donors (Lipinski definition) is 3. The molecule has 0 fully saturated rings. The minimum Gasteiger partial charge on any atom is -0.507 e. The third-order valence-electron chi connectivity index (χ3n) is 5.28. The van der Waals surface area contributed by atoms with Gasteiger partial charge in [0.1, 0.15) is 11.4 Å². The SMILES string of the molecule is O=C(N/N=C\c1ccccc1O)c1cc(-c2ccc3c4c(cccc24)CC3)n[nH]1. The average Bonchev–Trinajstić information content (AvgIpc) is 3.39. The zero-order chi connectivity index (χ0) is 19.8. The smallest absolute Gasteiger partial charge is 0.289 e. The molecule has 0 spiro atoms. The van der Waals surface area contributed by atoms with Gasteiger partial charge in [0.05, 0.1) is 11.9 Å². The maximum absolute atomic E-state index is 12.4. The molecule has 1 aromatic heterocycles. The lowest BCUT2D eigenvalue weighted by atomic mass is 9.98. The van der Waals surface area contributed by atoms with Crippen LogP contribution < -0.4 is 5.43 Å². The first-order valence-electron chi connectivity index (χ1n) is 9.41. The van der Waals surface area contributed by atoms with Crippen molar-refractivity contribution in [2.75, 3.05) is 0 Å². The Morgan fingerprint density at radius 3 is 2.76 bits per heavy atom. The van der Waals surface area contributed by atoms with Gasteiger partial charge in [-0.1, -0.05) is 42.5 Å². The Morgan fingerprint density at radius 2 is 1.90 bits per heavy atom. The lowest BCUT2D eigenvalue weighted by Gasteiger charge is -2.06. The number of phenols is 1. The molecule has 3 N–H and O–H groups in total. The number of nitrogens with one attached hydrogen (secondary N) is 2. The molecule has 0 bridgehead atoms. The van der Waals surface area contributed by atoms with Crippen LogP contribution in [0.4, 0.5) is 0 Å². The number of para-hydroxylation sites is 1. The Balaban J connectivity index is 1.40. The lowest BCUT2D eigenvalue weighted by Crippen LogP contribution is -2.18. The molecule has 3 aromatic carbocycles. The number of aromatic nitrogens is 2. The molecule has 142 valence electrons. The van der Waals surface area contributed by atoms with Crippen molar-refractivity contribution in [3.8, 4) is 17.0 Å². The predicted octanol–water partition coefficient (Wildman–Crippen LogP) is 3.80. The second-order valence-electron chi connectivity index (χ2n) is 7.04. The van der Waals surface area contributed by atoms with Gasteiger partial charge in [-0.15, -0.1) is 0 Å². The van der Waals surface area contributed by atoms with Crippen molar-refractivity contribution in [1.82, 2.24) is 15.6 Å². The Hall–Kier alpha value is -3.93. The number of phenolic OH excluding ortho intramolecular Hbond substituents is 1. The molecule has 29 heavy (non-hydrogen) atoms. The van der Waals surface area contributed by atoms with Crippen LogP contribution in [-0.2, 0) is 12.8 Å². The van der Waals surface area contributed by atoms with E-state index in [9.17, 15) is 9.90 Å². The number of rotatable bonds is 4. The highest BCUT2D eigenvalue weighted by Gasteiger charge is 2.18. The Labute approximate surface area is 166 Å². The van der Waals surface area contributed by atoms with E-state index in [1.54, 1.807) is 30.3 Å². The first-order chi connectivity index (χ1) is 14.2. The van der Waals surface area contributed by atoms with Crippen LogP contribution in [0.1, 0.15) is 27.2 Å².